The van der Waals surface area contributed by atoms with Crippen LogP contribution in [0.1, 0.15) is 6.42 Å². The van der Waals surface area contributed by atoms with E-state index < -0.39 is 0 Å². The molecule has 0 N–H and O–H groups in total. The highest BCUT2D eigenvalue weighted by atomic mass is 32.1. The van der Waals surface area contributed by atoms with Gasteiger partial charge in [0, 0.05) is 0 Å². The molecule has 0 radical (unpaired) electrons. The number of hydrogen-bond donors (Lipinski definition) is 0. The zero-order chi connectivity index (χ0) is 17.9. The molecule has 134 valence electrons. The third kappa shape index (κ3) is 3.77. The number of thiazole rings is 1. The summed E-state index contributed by atoms with van der Waals surface area (Å²) in [6.07, 6.45) is 0.0780. The Labute approximate surface area is 154 Å². The summed E-state index contributed by atoms with van der Waals surface area (Å²) in [5, 5.41) is 0.824. The van der Waals surface area contributed by atoms with Crippen LogP contribution >= 0.6 is 11.3 Å². The lowest BCUT2D eigenvalue weighted by Crippen LogP contribution is -2.53. The molecular weight excluding hydrogens is 355 g/mol. The lowest BCUT2D eigenvalue weighted by molar-refractivity contribution is -0.150. The Bertz CT molecular complexity index is 910. The number of halogens is 1. The van der Waals surface area contributed by atoms with Gasteiger partial charge in [-0.05, 0) is 30.3 Å². The van der Waals surface area contributed by atoms with Crippen molar-refractivity contribution in [3.8, 4) is 5.75 Å². The van der Waals surface area contributed by atoms with Crippen LogP contribution in [0.25, 0.3) is 10.2 Å². The van der Waals surface area contributed by atoms with Crippen molar-refractivity contribution in [1.29, 1.82) is 0 Å². The van der Waals surface area contributed by atoms with Crippen LogP contribution < -0.4 is 9.64 Å². The molecule has 1 fully saturated rings. The van der Waals surface area contributed by atoms with Crippen molar-refractivity contribution in [2.24, 2.45) is 0 Å². The lowest BCUT2D eigenvalue weighted by Gasteiger charge is -2.38. The molecule has 4 rings (SSSR count). The highest BCUT2D eigenvalue weighted by molar-refractivity contribution is 7.22. The molecule has 2 heterocycles. The Morgan fingerprint density at radius 1 is 1.23 bits per heavy atom. The summed E-state index contributed by atoms with van der Waals surface area (Å²) in [5.41, 5.74) is 0.782. The SMILES string of the molecule is O=C(CCOc1ccccc1)OC1CN(c2nc3ccc(F)cc3s2)C1. The van der Waals surface area contributed by atoms with Gasteiger partial charge in [0.05, 0.1) is 36.3 Å². The van der Waals surface area contributed by atoms with E-state index >= 15 is 0 Å². The molecule has 0 amide bonds. The standard InChI is InChI=1S/C19H17FN2O3S/c20-13-6-7-16-17(10-13)26-19(21-16)22-11-15(12-22)25-18(23)8-9-24-14-4-2-1-3-5-14/h1-7,10,15H,8-9,11-12H2. The van der Waals surface area contributed by atoms with E-state index in [1.165, 1.54) is 23.5 Å². The summed E-state index contributed by atoms with van der Waals surface area (Å²) in [4.78, 5) is 18.4. The molecule has 5 nitrogen and oxygen atoms in total. The monoisotopic (exact) mass is 372 g/mol. The predicted octanol–water partition coefficient (Wildman–Crippen LogP) is 3.64. The number of ether oxygens (including phenoxy) is 2. The van der Waals surface area contributed by atoms with Gasteiger partial charge in [-0.1, -0.05) is 29.5 Å². The summed E-state index contributed by atoms with van der Waals surface area (Å²) in [7, 11) is 0. The third-order valence-corrected chi connectivity index (χ3v) is 5.15. The molecule has 3 aromatic rings. The molecule has 26 heavy (non-hydrogen) atoms. The van der Waals surface area contributed by atoms with E-state index in [2.05, 4.69) is 4.98 Å². The molecule has 0 bridgehead atoms. The average molecular weight is 372 g/mol. The molecule has 7 heteroatoms. The van der Waals surface area contributed by atoms with Gasteiger partial charge < -0.3 is 14.4 Å². The Balaban J connectivity index is 1.22. The van der Waals surface area contributed by atoms with Gasteiger partial charge in [-0.3, -0.25) is 4.79 Å². The van der Waals surface area contributed by atoms with Crippen molar-refractivity contribution < 1.29 is 18.7 Å². The quantitative estimate of drug-likeness (QED) is 0.619. The maximum Gasteiger partial charge on any atom is 0.309 e. The number of anilines is 1. The van der Waals surface area contributed by atoms with Gasteiger partial charge in [-0.2, -0.15) is 0 Å². The van der Waals surface area contributed by atoms with Crippen LogP contribution in [0.4, 0.5) is 9.52 Å². The van der Waals surface area contributed by atoms with Crippen molar-refractivity contribution in [1.82, 2.24) is 4.98 Å². The fourth-order valence-corrected chi connectivity index (χ4v) is 3.71. The number of nitrogens with zero attached hydrogens (tertiary/aromatic N) is 2. The van der Waals surface area contributed by atoms with Crippen LogP contribution in [-0.2, 0) is 9.53 Å². The van der Waals surface area contributed by atoms with E-state index in [9.17, 15) is 9.18 Å². The van der Waals surface area contributed by atoms with E-state index in [0.29, 0.717) is 19.7 Å². The third-order valence-electron chi connectivity index (χ3n) is 4.07. The number of carbonyl (C=O) groups excluding carboxylic acids is 1. The second kappa shape index (κ2) is 7.29. The van der Waals surface area contributed by atoms with Crippen molar-refractivity contribution in [3.05, 3.63) is 54.3 Å². The van der Waals surface area contributed by atoms with Gasteiger partial charge in [0.15, 0.2) is 5.13 Å². The fraction of sp³-hybridized carbons (Fsp3) is 0.263. The van der Waals surface area contributed by atoms with E-state index in [1.54, 1.807) is 6.07 Å². The normalized spacial score (nSPS) is 14.3. The summed E-state index contributed by atoms with van der Waals surface area (Å²) < 4.78 is 25.0. The number of rotatable bonds is 6. The van der Waals surface area contributed by atoms with Gasteiger partial charge in [0.25, 0.3) is 0 Å². The fourth-order valence-electron chi connectivity index (χ4n) is 2.70. The molecular formula is C19H17FN2O3S. The van der Waals surface area contributed by atoms with Crippen LogP contribution in [0, 0.1) is 5.82 Å². The summed E-state index contributed by atoms with van der Waals surface area (Å²) in [6, 6.07) is 13.9. The van der Waals surface area contributed by atoms with Crippen LogP contribution in [0.15, 0.2) is 48.5 Å². The van der Waals surface area contributed by atoms with E-state index in [1.807, 2.05) is 35.2 Å². The maximum atomic E-state index is 13.3. The van der Waals surface area contributed by atoms with Crippen molar-refractivity contribution in [2.75, 3.05) is 24.6 Å². The summed E-state index contributed by atoms with van der Waals surface area (Å²) in [6.45, 7) is 1.50. The number of benzene rings is 2. The second-order valence-corrected chi connectivity index (χ2v) is 7.05. The molecule has 2 aromatic carbocycles. The molecule has 1 aliphatic heterocycles. The first-order chi connectivity index (χ1) is 12.7. The first-order valence-electron chi connectivity index (χ1n) is 8.36. The van der Waals surface area contributed by atoms with Gasteiger partial charge in [0.2, 0.25) is 0 Å². The highest BCUT2D eigenvalue weighted by Gasteiger charge is 2.32. The maximum absolute atomic E-state index is 13.3. The topological polar surface area (TPSA) is 51.7 Å². The zero-order valence-electron chi connectivity index (χ0n) is 13.9. The molecule has 1 saturated heterocycles. The van der Waals surface area contributed by atoms with Crippen LogP contribution in [0.5, 0.6) is 5.75 Å². The number of carbonyl (C=O) groups is 1. The van der Waals surface area contributed by atoms with E-state index in [4.69, 9.17) is 9.47 Å². The number of fused-ring (bicyclic) bond motifs is 1. The number of hydrogen-bond acceptors (Lipinski definition) is 6. The zero-order valence-corrected chi connectivity index (χ0v) is 14.7. The van der Waals surface area contributed by atoms with E-state index in [0.717, 1.165) is 21.1 Å². The van der Waals surface area contributed by atoms with Crippen molar-refractivity contribution in [3.63, 3.8) is 0 Å². The number of aromatic nitrogens is 1. The average Bonchev–Trinajstić information content (AvgIpc) is 3.01. The smallest absolute Gasteiger partial charge is 0.309 e. The summed E-state index contributed by atoms with van der Waals surface area (Å²) >= 11 is 1.44. The van der Waals surface area contributed by atoms with Crippen LogP contribution in [-0.4, -0.2) is 36.8 Å². The molecule has 0 atom stereocenters. The van der Waals surface area contributed by atoms with Crippen LogP contribution in [0.2, 0.25) is 0 Å². The largest absolute Gasteiger partial charge is 0.493 e. The number of esters is 1. The molecule has 0 unspecified atom stereocenters. The predicted molar refractivity (Wildman–Crippen MR) is 98.2 cm³/mol. The Hall–Kier alpha value is -2.67. The minimum absolute atomic E-state index is 0.136. The molecule has 1 aromatic heterocycles. The van der Waals surface area contributed by atoms with Crippen molar-refractivity contribution in [2.45, 2.75) is 12.5 Å². The van der Waals surface area contributed by atoms with Gasteiger partial charge >= 0.3 is 5.97 Å². The second-order valence-electron chi connectivity index (χ2n) is 6.04. The van der Waals surface area contributed by atoms with E-state index in [-0.39, 0.29) is 24.3 Å². The first-order valence-corrected chi connectivity index (χ1v) is 9.17. The van der Waals surface area contributed by atoms with Crippen LogP contribution in [0.3, 0.4) is 0 Å². The molecule has 0 aliphatic carbocycles. The molecule has 0 spiro atoms. The van der Waals surface area contributed by atoms with Gasteiger partial charge in [-0.15, -0.1) is 0 Å². The van der Waals surface area contributed by atoms with Gasteiger partial charge in [0.1, 0.15) is 17.7 Å². The highest BCUT2D eigenvalue weighted by Crippen LogP contribution is 2.32. The molecule has 0 saturated carbocycles. The van der Waals surface area contributed by atoms with Gasteiger partial charge in [-0.25, -0.2) is 9.37 Å². The molecule has 1 aliphatic rings. The minimum Gasteiger partial charge on any atom is -0.493 e. The Morgan fingerprint density at radius 2 is 2.04 bits per heavy atom. The minimum atomic E-state index is -0.267. The Kier molecular flexibility index (Phi) is 4.71. The Morgan fingerprint density at radius 3 is 2.85 bits per heavy atom. The summed E-state index contributed by atoms with van der Waals surface area (Å²) in [5.74, 6) is 0.209. The number of para-hydroxylation sites is 1. The lowest BCUT2D eigenvalue weighted by atomic mass is 10.2. The first kappa shape index (κ1) is 16.8. The van der Waals surface area contributed by atoms with Crippen molar-refractivity contribution >= 4 is 32.7 Å².